The van der Waals surface area contributed by atoms with Crippen LogP contribution < -0.4 is 9.47 Å². The van der Waals surface area contributed by atoms with Crippen LogP contribution in [0.3, 0.4) is 0 Å². The minimum Gasteiger partial charge on any atom is -0.493 e. The van der Waals surface area contributed by atoms with Crippen LogP contribution in [0.1, 0.15) is 47.6 Å². The fourth-order valence-corrected chi connectivity index (χ4v) is 5.08. The maximum absolute atomic E-state index is 11.2. The molecular formula is C27H27ClN4O5. The van der Waals surface area contributed by atoms with Gasteiger partial charge in [-0.25, -0.2) is 4.68 Å². The number of aliphatic carboxylic acids is 1. The van der Waals surface area contributed by atoms with Crippen LogP contribution in [0.4, 0.5) is 0 Å². The van der Waals surface area contributed by atoms with Crippen molar-refractivity contribution in [2.45, 2.75) is 38.0 Å². The number of benzene rings is 2. The van der Waals surface area contributed by atoms with Gasteiger partial charge in [0.15, 0.2) is 11.5 Å². The van der Waals surface area contributed by atoms with E-state index in [0.717, 1.165) is 22.5 Å². The molecule has 0 saturated carbocycles. The zero-order valence-electron chi connectivity index (χ0n) is 20.5. The maximum Gasteiger partial charge on any atom is 0.309 e. The quantitative estimate of drug-likeness (QED) is 0.330. The van der Waals surface area contributed by atoms with Crippen molar-refractivity contribution in [1.82, 2.24) is 19.6 Å². The van der Waals surface area contributed by atoms with Gasteiger partial charge in [-0.15, -0.1) is 5.10 Å². The summed E-state index contributed by atoms with van der Waals surface area (Å²) < 4.78 is 22.0. The number of halogens is 1. The topological polar surface area (TPSA) is 101 Å². The van der Waals surface area contributed by atoms with Gasteiger partial charge in [0.05, 0.1) is 50.0 Å². The second-order valence-corrected chi connectivity index (χ2v) is 9.19. The summed E-state index contributed by atoms with van der Waals surface area (Å²) in [4.78, 5) is 11.2. The Morgan fingerprint density at radius 2 is 2.00 bits per heavy atom. The molecule has 2 atom stereocenters. The molecular weight excluding hydrogens is 496 g/mol. The molecule has 5 rings (SSSR count). The van der Waals surface area contributed by atoms with Crippen molar-refractivity contribution in [3.05, 3.63) is 88.5 Å². The van der Waals surface area contributed by atoms with E-state index in [1.165, 1.54) is 6.20 Å². The maximum atomic E-state index is 11.2. The number of carbonyl (C=O) groups is 1. The van der Waals surface area contributed by atoms with Gasteiger partial charge in [-0.05, 0) is 49.2 Å². The molecule has 0 bridgehead atoms. The van der Waals surface area contributed by atoms with Gasteiger partial charge in [-0.2, -0.15) is 0 Å². The number of hydrogen-bond donors (Lipinski definition) is 1. The van der Waals surface area contributed by atoms with Crippen LogP contribution >= 0.6 is 11.6 Å². The van der Waals surface area contributed by atoms with Gasteiger partial charge in [-0.3, -0.25) is 4.79 Å². The largest absolute Gasteiger partial charge is 0.493 e. The smallest absolute Gasteiger partial charge is 0.309 e. The summed E-state index contributed by atoms with van der Waals surface area (Å²) in [7, 11) is 3.22. The van der Waals surface area contributed by atoms with Crippen LogP contribution in [0.25, 0.3) is 5.69 Å². The number of aromatic nitrogens is 4. The fraction of sp³-hybridized carbons (Fsp3) is 0.296. The number of para-hydroxylation sites is 1. The molecule has 10 heteroatoms. The number of hydrogen-bond acceptors (Lipinski definition) is 6. The van der Waals surface area contributed by atoms with E-state index in [0.29, 0.717) is 41.6 Å². The zero-order chi connectivity index (χ0) is 25.9. The molecule has 0 spiro atoms. The Hall–Kier alpha value is -3.82. The highest BCUT2D eigenvalue weighted by Crippen LogP contribution is 2.46. The van der Waals surface area contributed by atoms with Crippen molar-refractivity contribution in [2.24, 2.45) is 0 Å². The van der Waals surface area contributed by atoms with E-state index in [4.69, 9.17) is 30.9 Å². The molecule has 0 saturated heterocycles. The molecule has 2 aromatic carbocycles. The summed E-state index contributed by atoms with van der Waals surface area (Å²) >= 11 is 6.47. The van der Waals surface area contributed by atoms with E-state index in [-0.39, 0.29) is 12.5 Å². The second-order valence-electron chi connectivity index (χ2n) is 8.75. The number of fused-ring (bicyclic) bond motifs is 3. The predicted molar refractivity (Wildman–Crippen MR) is 137 cm³/mol. The number of nitrogens with zero attached hydrogens (tertiary/aromatic N) is 4. The van der Waals surface area contributed by atoms with Gasteiger partial charge in [-0.1, -0.05) is 28.9 Å². The minimum atomic E-state index is -0.917. The van der Waals surface area contributed by atoms with Crippen molar-refractivity contribution >= 4 is 17.6 Å². The third kappa shape index (κ3) is 4.92. The molecule has 1 N–H and O–H groups in total. The van der Waals surface area contributed by atoms with Crippen LogP contribution in [0, 0.1) is 0 Å². The Morgan fingerprint density at radius 1 is 1.14 bits per heavy atom. The SMILES string of the molecule is COc1cccc([C@H]2O[C@H](CCCn3nncc3CC(=O)O)c3cccn3-c3ccc(Cl)cc32)c1OC. The zero-order valence-corrected chi connectivity index (χ0v) is 21.3. The average Bonchev–Trinajstić information content (AvgIpc) is 3.52. The number of carboxylic acids is 1. The van der Waals surface area contributed by atoms with Crippen molar-refractivity contribution in [2.75, 3.05) is 14.2 Å². The Morgan fingerprint density at radius 3 is 2.78 bits per heavy atom. The summed E-state index contributed by atoms with van der Waals surface area (Å²) in [6.07, 6.45) is 4.01. The summed E-state index contributed by atoms with van der Waals surface area (Å²) in [5, 5.41) is 17.7. The predicted octanol–water partition coefficient (Wildman–Crippen LogP) is 5.01. The van der Waals surface area contributed by atoms with Gasteiger partial charge >= 0.3 is 5.97 Å². The van der Waals surface area contributed by atoms with Crippen molar-refractivity contribution in [1.29, 1.82) is 0 Å². The third-order valence-electron chi connectivity index (χ3n) is 6.52. The molecule has 0 unspecified atom stereocenters. The number of aryl methyl sites for hydroxylation is 1. The molecule has 4 aromatic rings. The van der Waals surface area contributed by atoms with Crippen molar-refractivity contribution in [3.63, 3.8) is 0 Å². The molecule has 192 valence electrons. The van der Waals surface area contributed by atoms with Crippen LogP contribution in [-0.4, -0.2) is 44.9 Å². The van der Waals surface area contributed by atoms with E-state index in [1.807, 2.05) is 48.7 Å². The van der Waals surface area contributed by atoms with E-state index < -0.39 is 12.1 Å². The molecule has 0 aliphatic carbocycles. The van der Waals surface area contributed by atoms with Crippen molar-refractivity contribution < 1.29 is 24.1 Å². The van der Waals surface area contributed by atoms with Crippen LogP contribution in [0.2, 0.25) is 5.02 Å². The Kier molecular flexibility index (Phi) is 7.16. The lowest BCUT2D eigenvalue weighted by Crippen LogP contribution is -2.14. The van der Waals surface area contributed by atoms with Crippen LogP contribution in [0.15, 0.2) is 60.9 Å². The van der Waals surface area contributed by atoms with Crippen LogP contribution in [0.5, 0.6) is 11.5 Å². The normalized spacial score (nSPS) is 16.5. The lowest BCUT2D eigenvalue weighted by atomic mass is 9.98. The number of methoxy groups -OCH3 is 2. The molecule has 1 aliphatic heterocycles. The number of ether oxygens (including phenoxy) is 3. The molecule has 2 aromatic heterocycles. The standard InChI is InChI=1S/C27H27ClN4O5/c1-35-24-8-3-6-19(27(24)36-2)26-20-14-17(28)10-11-21(20)31-12-4-7-22(31)23(37-26)9-5-13-32-18(15-25(33)34)16-29-30-32/h3-4,6-8,10-12,14,16,23,26H,5,9,13,15H2,1-2H3,(H,33,34)/t23-,26-/m1/s1. The molecule has 1 aliphatic rings. The van der Waals surface area contributed by atoms with Gasteiger partial charge < -0.3 is 23.9 Å². The first-order chi connectivity index (χ1) is 18.0. The summed E-state index contributed by atoms with van der Waals surface area (Å²) in [6.45, 7) is 0.523. The van der Waals surface area contributed by atoms with Gasteiger partial charge in [0.2, 0.25) is 0 Å². The lowest BCUT2D eigenvalue weighted by Gasteiger charge is -2.25. The van der Waals surface area contributed by atoms with Gasteiger partial charge in [0, 0.05) is 28.9 Å². The Balaban J connectivity index is 1.51. The minimum absolute atomic E-state index is 0.121. The molecule has 0 radical (unpaired) electrons. The summed E-state index contributed by atoms with van der Waals surface area (Å²) in [5.41, 5.74) is 4.30. The number of carboxylic acid groups (broad SMARTS) is 1. The second kappa shape index (κ2) is 10.7. The summed E-state index contributed by atoms with van der Waals surface area (Å²) in [5.74, 6) is 0.303. The van der Waals surface area contributed by atoms with E-state index >= 15 is 0 Å². The first kappa shape index (κ1) is 24.9. The molecule has 0 fully saturated rings. The fourth-order valence-electron chi connectivity index (χ4n) is 4.90. The van der Waals surface area contributed by atoms with E-state index in [1.54, 1.807) is 18.9 Å². The lowest BCUT2D eigenvalue weighted by molar-refractivity contribution is -0.136. The first-order valence-electron chi connectivity index (χ1n) is 11.9. The Labute approximate surface area is 219 Å². The first-order valence-corrected chi connectivity index (χ1v) is 12.3. The highest BCUT2D eigenvalue weighted by molar-refractivity contribution is 6.30. The van der Waals surface area contributed by atoms with Gasteiger partial charge in [0.25, 0.3) is 0 Å². The average molecular weight is 523 g/mol. The Bertz CT molecular complexity index is 1420. The molecule has 37 heavy (non-hydrogen) atoms. The summed E-state index contributed by atoms with van der Waals surface area (Å²) in [6, 6.07) is 15.6. The highest BCUT2D eigenvalue weighted by atomic mass is 35.5. The van der Waals surface area contributed by atoms with E-state index in [2.05, 4.69) is 20.9 Å². The molecule has 9 nitrogen and oxygen atoms in total. The monoisotopic (exact) mass is 522 g/mol. The molecule has 3 heterocycles. The molecule has 0 amide bonds. The number of rotatable bonds is 9. The third-order valence-corrected chi connectivity index (χ3v) is 6.76. The van der Waals surface area contributed by atoms with Gasteiger partial charge in [0.1, 0.15) is 6.10 Å². The van der Waals surface area contributed by atoms with E-state index in [9.17, 15) is 4.79 Å². The van der Waals surface area contributed by atoms with Crippen LogP contribution in [-0.2, 0) is 22.5 Å². The highest BCUT2D eigenvalue weighted by Gasteiger charge is 2.32. The van der Waals surface area contributed by atoms with Crippen molar-refractivity contribution in [3.8, 4) is 17.2 Å².